The molecule has 100 valence electrons. The molecule has 1 saturated heterocycles. The van der Waals surface area contributed by atoms with E-state index in [0.29, 0.717) is 12.2 Å². The van der Waals surface area contributed by atoms with Crippen LogP contribution in [0.2, 0.25) is 0 Å². The molecule has 1 aliphatic heterocycles. The van der Waals surface area contributed by atoms with Crippen molar-refractivity contribution in [1.29, 1.82) is 0 Å². The minimum Gasteiger partial charge on any atom is -0.356 e. The lowest BCUT2D eigenvalue weighted by Crippen LogP contribution is -2.43. The maximum atomic E-state index is 11.5. The zero-order valence-corrected chi connectivity index (χ0v) is 12.2. The van der Waals surface area contributed by atoms with Crippen LogP contribution in [0.3, 0.4) is 0 Å². The van der Waals surface area contributed by atoms with Crippen molar-refractivity contribution in [2.75, 3.05) is 32.4 Å². The molecule has 0 radical (unpaired) electrons. The second-order valence-electron chi connectivity index (χ2n) is 5.82. The van der Waals surface area contributed by atoms with Gasteiger partial charge in [0.25, 0.3) is 0 Å². The van der Waals surface area contributed by atoms with E-state index in [-0.39, 0.29) is 11.3 Å². The van der Waals surface area contributed by atoms with Crippen molar-refractivity contribution < 1.29 is 4.79 Å². The molecular weight excluding hydrogens is 232 g/mol. The van der Waals surface area contributed by atoms with Gasteiger partial charge in [0.1, 0.15) is 0 Å². The fourth-order valence-corrected chi connectivity index (χ4v) is 2.65. The average molecular weight is 258 g/mol. The van der Waals surface area contributed by atoms with Gasteiger partial charge in [-0.3, -0.25) is 4.79 Å². The van der Waals surface area contributed by atoms with Crippen molar-refractivity contribution >= 4 is 18.5 Å². The molecule has 0 unspecified atom stereocenters. The number of thiol groups is 1. The van der Waals surface area contributed by atoms with Crippen LogP contribution in [0.5, 0.6) is 0 Å². The van der Waals surface area contributed by atoms with Gasteiger partial charge in [-0.05, 0) is 50.1 Å². The van der Waals surface area contributed by atoms with E-state index in [9.17, 15) is 4.79 Å². The Morgan fingerprint density at radius 3 is 2.53 bits per heavy atom. The standard InChI is InChI=1S/C13H26N2OS/c1-13(2,10-14-12(16)6-9-17)11-4-7-15(3)8-5-11/h11,17H,4-10H2,1-3H3,(H,14,16). The number of nitrogens with zero attached hydrogens (tertiary/aromatic N) is 1. The van der Waals surface area contributed by atoms with Crippen LogP contribution in [-0.2, 0) is 4.79 Å². The average Bonchev–Trinajstić information content (AvgIpc) is 2.28. The third-order valence-electron chi connectivity index (χ3n) is 3.90. The lowest BCUT2D eigenvalue weighted by molar-refractivity contribution is -0.121. The maximum absolute atomic E-state index is 11.5. The first kappa shape index (κ1) is 14.8. The van der Waals surface area contributed by atoms with Crippen LogP contribution in [0.4, 0.5) is 0 Å². The highest BCUT2D eigenvalue weighted by atomic mass is 32.1. The Labute approximate surface area is 111 Å². The number of carbonyl (C=O) groups excluding carboxylic acids is 1. The molecule has 1 aliphatic rings. The van der Waals surface area contributed by atoms with Crippen LogP contribution in [0, 0.1) is 11.3 Å². The zero-order chi connectivity index (χ0) is 12.9. The molecule has 1 fully saturated rings. The molecule has 3 nitrogen and oxygen atoms in total. The number of hydrogen-bond acceptors (Lipinski definition) is 3. The van der Waals surface area contributed by atoms with E-state index in [0.717, 1.165) is 12.5 Å². The molecule has 1 heterocycles. The minimum atomic E-state index is 0.126. The third-order valence-corrected chi connectivity index (χ3v) is 4.13. The first-order chi connectivity index (χ1) is 7.95. The summed E-state index contributed by atoms with van der Waals surface area (Å²) in [7, 11) is 2.18. The van der Waals surface area contributed by atoms with Gasteiger partial charge in [-0.2, -0.15) is 12.6 Å². The molecular formula is C13H26N2OS. The van der Waals surface area contributed by atoms with Gasteiger partial charge in [0.15, 0.2) is 0 Å². The summed E-state index contributed by atoms with van der Waals surface area (Å²) in [4.78, 5) is 13.8. The molecule has 1 N–H and O–H groups in total. The normalized spacial score (nSPS) is 19.3. The predicted molar refractivity (Wildman–Crippen MR) is 75.5 cm³/mol. The highest BCUT2D eigenvalue weighted by Gasteiger charge is 2.31. The second-order valence-corrected chi connectivity index (χ2v) is 6.26. The predicted octanol–water partition coefficient (Wildman–Crippen LogP) is 1.79. The first-order valence-corrected chi connectivity index (χ1v) is 7.15. The summed E-state index contributed by atoms with van der Waals surface area (Å²) in [5, 5.41) is 3.03. The van der Waals surface area contributed by atoms with Gasteiger partial charge in [-0.25, -0.2) is 0 Å². The minimum absolute atomic E-state index is 0.126. The van der Waals surface area contributed by atoms with Crippen molar-refractivity contribution in [3.05, 3.63) is 0 Å². The van der Waals surface area contributed by atoms with Crippen LogP contribution in [0.1, 0.15) is 33.1 Å². The van der Waals surface area contributed by atoms with Crippen molar-refractivity contribution in [2.24, 2.45) is 11.3 Å². The Bertz CT molecular complexity index is 248. The van der Waals surface area contributed by atoms with E-state index >= 15 is 0 Å². The number of nitrogens with one attached hydrogen (secondary N) is 1. The lowest BCUT2D eigenvalue weighted by Gasteiger charge is -2.39. The van der Waals surface area contributed by atoms with Gasteiger partial charge in [0.2, 0.25) is 5.91 Å². The highest BCUT2D eigenvalue weighted by molar-refractivity contribution is 7.80. The SMILES string of the molecule is CN1CCC(C(C)(C)CNC(=O)CCS)CC1. The molecule has 0 aromatic heterocycles. The Hall–Kier alpha value is -0.220. The smallest absolute Gasteiger partial charge is 0.220 e. The number of likely N-dealkylation sites (tertiary alicyclic amines) is 1. The number of amides is 1. The molecule has 0 aliphatic carbocycles. The molecule has 1 amide bonds. The summed E-state index contributed by atoms with van der Waals surface area (Å²) in [6.07, 6.45) is 3.00. The van der Waals surface area contributed by atoms with Crippen LogP contribution in [-0.4, -0.2) is 43.2 Å². The molecule has 4 heteroatoms. The summed E-state index contributed by atoms with van der Waals surface area (Å²) in [5.74, 6) is 1.47. The Morgan fingerprint density at radius 1 is 1.41 bits per heavy atom. The molecule has 0 aromatic rings. The molecule has 17 heavy (non-hydrogen) atoms. The summed E-state index contributed by atoms with van der Waals surface area (Å²) in [6.45, 7) is 7.68. The lowest BCUT2D eigenvalue weighted by atomic mass is 9.73. The molecule has 0 bridgehead atoms. The van der Waals surface area contributed by atoms with E-state index in [1.54, 1.807) is 0 Å². The summed E-state index contributed by atoms with van der Waals surface area (Å²) >= 11 is 4.07. The van der Waals surface area contributed by atoms with Crippen LogP contribution in [0.25, 0.3) is 0 Å². The van der Waals surface area contributed by atoms with Crippen LogP contribution >= 0.6 is 12.6 Å². The topological polar surface area (TPSA) is 32.3 Å². The Balaban J connectivity index is 2.36. The zero-order valence-electron chi connectivity index (χ0n) is 11.3. The molecule has 0 atom stereocenters. The Morgan fingerprint density at radius 2 is 2.00 bits per heavy atom. The monoisotopic (exact) mass is 258 g/mol. The number of piperidine rings is 1. The van der Waals surface area contributed by atoms with Gasteiger partial charge >= 0.3 is 0 Å². The van der Waals surface area contributed by atoms with Crippen molar-refractivity contribution in [3.63, 3.8) is 0 Å². The third kappa shape index (κ3) is 4.88. The maximum Gasteiger partial charge on any atom is 0.220 e. The van der Waals surface area contributed by atoms with Gasteiger partial charge in [0.05, 0.1) is 0 Å². The summed E-state index contributed by atoms with van der Waals surface area (Å²) in [5.41, 5.74) is 0.202. The highest BCUT2D eigenvalue weighted by Crippen LogP contribution is 2.34. The quantitative estimate of drug-likeness (QED) is 0.737. The molecule has 0 aromatic carbocycles. The van der Waals surface area contributed by atoms with Gasteiger partial charge in [-0.1, -0.05) is 13.8 Å². The van der Waals surface area contributed by atoms with Gasteiger partial charge in [0, 0.05) is 13.0 Å². The second kappa shape index (κ2) is 6.64. The molecule has 1 rings (SSSR count). The van der Waals surface area contributed by atoms with E-state index in [2.05, 4.69) is 43.7 Å². The van der Waals surface area contributed by atoms with E-state index in [1.807, 2.05) is 0 Å². The first-order valence-electron chi connectivity index (χ1n) is 6.52. The van der Waals surface area contributed by atoms with Crippen molar-refractivity contribution in [3.8, 4) is 0 Å². The van der Waals surface area contributed by atoms with Crippen LogP contribution in [0.15, 0.2) is 0 Å². The van der Waals surface area contributed by atoms with Gasteiger partial charge < -0.3 is 10.2 Å². The largest absolute Gasteiger partial charge is 0.356 e. The fourth-order valence-electron chi connectivity index (χ4n) is 2.45. The molecule has 0 saturated carbocycles. The van der Waals surface area contributed by atoms with Crippen LogP contribution < -0.4 is 5.32 Å². The number of hydrogen-bond donors (Lipinski definition) is 2. The number of carbonyl (C=O) groups is 1. The van der Waals surface area contributed by atoms with Gasteiger partial charge in [-0.15, -0.1) is 0 Å². The Kier molecular flexibility index (Phi) is 5.80. The van der Waals surface area contributed by atoms with E-state index in [4.69, 9.17) is 0 Å². The van der Waals surface area contributed by atoms with E-state index < -0.39 is 0 Å². The summed E-state index contributed by atoms with van der Waals surface area (Å²) in [6, 6.07) is 0. The summed E-state index contributed by atoms with van der Waals surface area (Å²) < 4.78 is 0. The van der Waals surface area contributed by atoms with Crippen molar-refractivity contribution in [2.45, 2.75) is 33.1 Å². The number of rotatable bonds is 5. The fraction of sp³-hybridized carbons (Fsp3) is 0.923. The molecule has 0 spiro atoms. The van der Waals surface area contributed by atoms with Crippen molar-refractivity contribution in [1.82, 2.24) is 10.2 Å². The van der Waals surface area contributed by atoms with E-state index in [1.165, 1.54) is 25.9 Å².